The number of rotatable bonds is 3. The fourth-order valence-corrected chi connectivity index (χ4v) is 4.04. The van der Waals surface area contributed by atoms with Crippen LogP contribution in [0.3, 0.4) is 0 Å². The lowest BCUT2D eigenvalue weighted by molar-refractivity contribution is 0.102. The first-order valence-electron chi connectivity index (χ1n) is 8.27. The highest BCUT2D eigenvalue weighted by molar-refractivity contribution is 5.93. The Morgan fingerprint density at radius 3 is 2.52 bits per heavy atom. The van der Waals surface area contributed by atoms with E-state index >= 15 is 0 Å². The van der Waals surface area contributed by atoms with Crippen molar-refractivity contribution in [3.63, 3.8) is 0 Å². The van der Waals surface area contributed by atoms with Gasteiger partial charge < -0.3 is 10.0 Å². The van der Waals surface area contributed by atoms with Crippen molar-refractivity contribution >= 4 is 10.8 Å². The topological polar surface area (TPSA) is 23.5 Å². The normalized spacial score (nSPS) is 20.0. The quantitative estimate of drug-likeness (QED) is 0.931. The zero-order chi connectivity index (χ0) is 14.2. The van der Waals surface area contributed by atoms with E-state index in [0.717, 1.165) is 38.0 Å². The van der Waals surface area contributed by atoms with Gasteiger partial charge in [-0.3, -0.25) is 0 Å². The molecule has 1 aliphatic heterocycles. The van der Waals surface area contributed by atoms with Crippen molar-refractivity contribution in [2.75, 3.05) is 19.6 Å². The van der Waals surface area contributed by atoms with E-state index in [2.05, 4.69) is 35.2 Å². The highest BCUT2D eigenvalue weighted by Crippen LogP contribution is 2.35. The van der Waals surface area contributed by atoms with Gasteiger partial charge in [-0.15, -0.1) is 0 Å². The van der Waals surface area contributed by atoms with Gasteiger partial charge in [0.1, 0.15) is 0 Å². The van der Waals surface area contributed by atoms with E-state index in [1.54, 1.807) is 0 Å². The maximum absolute atomic E-state index is 10.7. The number of aliphatic hydroxyl groups is 1. The molecule has 1 aliphatic carbocycles. The SMILES string of the molecule is O[C@H](CN1CCCCC1)c1ccc2c3c(cccc13)CC2. The minimum absolute atomic E-state index is 0.368. The van der Waals surface area contributed by atoms with Crippen LogP contribution in [0, 0.1) is 0 Å². The Labute approximate surface area is 126 Å². The summed E-state index contributed by atoms with van der Waals surface area (Å²) in [6, 6.07) is 10.9. The number of aryl methyl sites for hydroxylation is 2. The van der Waals surface area contributed by atoms with Gasteiger partial charge in [0.15, 0.2) is 0 Å². The van der Waals surface area contributed by atoms with Gasteiger partial charge in [-0.25, -0.2) is 0 Å². The number of likely N-dealkylation sites (tertiary alicyclic amines) is 1. The molecule has 110 valence electrons. The number of hydrogen-bond acceptors (Lipinski definition) is 2. The van der Waals surface area contributed by atoms with Crippen LogP contribution < -0.4 is 0 Å². The summed E-state index contributed by atoms with van der Waals surface area (Å²) < 4.78 is 0. The van der Waals surface area contributed by atoms with Crippen molar-refractivity contribution in [3.05, 3.63) is 47.0 Å². The molecular formula is C19H23NO. The molecule has 2 aromatic carbocycles. The number of piperidine rings is 1. The zero-order valence-electron chi connectivity index (χ0n) is 12.5. The van der Waals surface area contributed by atoms with Gasteiger partial charge in [-0.05, 0) is 66.2 Å². The van der Waals surface area contributed by atoms with Crippen molar-refractivity contribution in [1.29, 1.82) is 0 Å². The molecule has 0 bridgehead atoms. The second-order valence-corrected chi connectivity index (χ2v) is 6.53. The fourth-order valence-electron chi connectivity index (χ4n) is 4.04. The molecule has 0 amide bonds. The Bertz CT molecular complexity index is 648. The maximum Gasteiger partial charge on any atom is 0.0922 e. The average Bonchev–Trinajstić information content (AvgIpc) is 2.94. The van der Waals surface area contributed by atoms with E-state index in [0.29, 0.717) is 0 Å². The van der Waals surface area contributed by atoms with Crippen molar-refractivity contribution in [1.82, 2.24) is 4.90 Å². The molecule has 2 heteroatoms. The summed E-state index contributed by atoms with van der Waals surface area (Å²) in [4.78, 5) is 2.41. The van der Waals surface area contributed by atoms with Gasteiger partial charge in [0.05, 0.1) is 6.10 Å². The van der Waals surface area contributed by atoms with Crippen LogP contribution in [-0.2, 0) is 12.8 Å². The summed E-state index contributed by atoms with van der Waals surface area (Å²) in [5, 5.41) is 13.4. The summed E-state index contributed by atoms with van der Waals surface area (Å²) in [6.07, 6.45) is 5.82. The smallest absolute Gasteiger partial charge is 0.0922 e. The molecule has 1 atom stereocenters. The van der Waals surface area contributed by atoms with Gasteiger partial charge in [-0.2, -0.15) is 0 Å². The van der Waals surface area contributed by atoms with Crippen molar-refractivity contribution in [2.24, 2.45) is 0 Å². The molecule has 0 aromatic heterocycles. The molecule has 0 unspecified atom stereocenters. The third-order valence-electron chi connectivity index (χ3n) is 5.15. The molecule has 0 saturated carbocycles. The van der Waals surface area contributed by atoms with Gasteiger partial charge in [-0.1, -0.05) is 36.8 Å². The lowest BCUT2D eigenvalue weighted by Crippen LogP contribution is -2.33. The van der Waals surface area contributed by atoms with Crippen LogP contribution >= 0.6 is 0 Å². The van der Waals surface area contributed by atoms with E-state index in [1.807, 2.05) is 0 Å². The molecule has 2 aliphatic rings. The van der Waals surface area contributed by atoms with Crippen molar-refractivity contribution in [3.8, 4) is 0 Å². The lowest BCUT2D eigenvalue weighted by atomic mass is 9.96. The molecule has 4 rings (SSSR count). The minimum Gasteiger partial charge on any atom is -0.387 e. The first kappa shape index (κ1) is 13.3. The van der Waals surface area contributed by atoms with E-state index in [1.165, 1.54) is 41.2 Å². The second kappa shape index (κ2) is 5.43. The molecule has 0 radical (unpaired) electrons. The largest absolute Gasteiger partial charge is 0.387 e. The van der Waals surface area contributed by atoms with Gasteiger partial charge in [0, 0.05) is 6.54 Å². The predicted molar refractivity (Wildman–Crippen MR) is 86.6 cm³/mol. The van der Waals surface area contributed by atoms with Crippen LogP contribution in [0.15, 0.2) is 30.3 Å². The standard InChI is InChI=1S/C19H23NO/c21-18(13-20-11-2-1-3-12-20)16-10-9-15-8-7-14-5-4-6-17(16)19(14)15/h4-6,9-10,18,21H,1-3,7-8,11-13H2/t18-/m1/s1. The molecule has 0 spiro atoms. The lowest BCUT2D eigenvalue weighted by Gasteiger charge is -2.29. The van der Waals surface area contributed by atoms with Crippen molar-refractivity contribution in [2.45, 2.75) is 38.2 Å². The Hall–Kier alpha value is -1.38. The van der Waals surface area contributed by atoms with Gasteiger partial charge in [0.2, 0.25) is 0 Å². The number of nitrogens with zero attached hydrogens (tertiary/aromatic N) is 1. The molecule has 2 nitrogen and oxygen atoms in total. The Morgan fingerprint density at radius 2 is 1.71 bits per heavy atom. The molecular weight excluding hydrogens is 258 g/mol. The average molecular weight is 281 g/mol. The summed E-state index contributed by atoms with van der Waals surface area (Å²) in [7, 11) is 0. The minimum atomic E-state index is -0.368. The van der Waals surface area contributed by atoms with Gasteiger partial charge in [0.25, 0.3) is 0 Å². The Kier molecular flexibility index (Phi) is 3.44. The van der Waals surface area contributed by atoms with Gasteiger partial charge >= 0.3 is 0 Å². The number of benzene rings is 2. The Morgan fingerprint density at radius 1 is 0.952 bits per heavy atom. The van der Waals surface area contributed by atoms with E-state index in [-0.39, 0.29) is 6.10 Å². The summed E-state index contributed by atoms with van der Waals surface area (Å²) >= 11 is 0. The van der Waals surface area contributed by atoms with Crippen LogP contribution in [0.1, 0.15) is 42.1 Å². The second-order valence-electron chi connectivity index (χ2n) is 6.53. The molecule has 1 saturated heterocycles. The fraction of sp³-hybridized carbons (Fsp3) is 0.474. The monoisotopic (exact) mass is 281 g/mol. The maximum atomic E-state index is 10.7. The van der Waals surface area contributed by atoms with Crippen LogP contribution in [0.5, 0.6) is 0 Å². The van der Waals surface area contributed by atoms with E-state index < -0.39 is 0 Å². The first-order valence-corrected chi connectivity index (χ1v) is 8.27. The van der Waals surface area contributed by atoms with E-state index in [9.17, 15) is 5.11 Å². The number of aliphatic hydroxyl groups excluding tert-OH is 1. The first-order chi connectivity index (χ1) is 10.3. The molecule has 1 heterocycles. The molecule has 1 fully saturated rings. The summed E-state index contributed by atoms with van der Waals surface area (Å²) in [6.45, 7) is 3.05. The van der Waals surface area contributed by atoms with E-state index in [4.69, 9.17) is 0 Å². The van der Waals surface area contributed by atoms with Crippen LogP contribution in [0.25, 0.3) is 10.8 Å². The molecule has 2 aromatic rings. The summed E-state index contributed by atoms with van der Waals surface area (Å²) in [5.41, 5.74) is 4.02. The Balaban J connectivity index is 1.67. The van der Waals surface area contributed by atoms with Crippen molar-refractivity contribution < 1.29 is 5.11 Å². The zero-order valence-corrected chi connectivity index (χ0v) is 12.5. The number of β-amino-alcohol motifs (C(OH)–C–C–N with tert-alkyl or cyclic N) is 1. The number of hydrogen-bond donors (Lipinski definition) is 1. The third-order valence-corrected chi connectivity index (χ3v) is 5.15. The molecule has 1 N–H and O–H groups in total. The highest BCUT2D eigenvalue weighted by Gasteiger charge is 2.21. The highest BCUT2D eigenvalue weighted by atomic mass is 16.3. The predicted octanol–water partition coefficient (Wildman–Crippen LogP) is 3.46. The molecule has 21 heavy (non-hydrogen) atoms. The van der Waals surface area contributed by atoms with Crippen LogP contribution in [0.4, 0.5) is 0 Å². The summed E-state index contributed by atoms with van der Waals surface area (Å²) in [5.74, 6) is 0. The van der Waals surface area contributed by atoms with Crippen LogP contribution in [0.2, 0.25) is 0 Å². The van der Waals surface area contributed by atoms with Crippen LogP contribution in [-0.4, -0.2) is 29.6 Å². The third kappa shape index (κ3) is 2.37.